The Hall–Kier alpha value is -3.72. The van der Waals surface area contributed by atoms with E-state index < -0.39 is 11.5 Å². The van der Waals surface area contributed by atoms with Gasteiger partial charge in [0.15, 0.2) is 5.69 Å². The molecule has 9 heteroatoms. The minimum absolute atomic E-state index is 0.0927. The molecule has 0 spiro atoms. The zero-order valence-electron chi connectivity index (χ0n) is 16.7. The van der Waals surface area contributed by atoms with Crippen molar-refractivity contribution >= 4 is 17.3 Å². The third-order valence-corrected chi connectivity index (χ3v) is 4.26. The highest BCUT2D eigenvalue weighted by atomic mass is 16.5. The summed E-state index contributed by atoms with van der Waals surface area (Å²) in [4.78, 5) is 24.6. The average molecular weight is 410 g/mol. The van der Waals surface area contributed by atoms with Gasteiger partial charge in [-0.05, 0) is 49.4 Å². The number of hydrogen-bond acceptors (Lipinski definition) is 7. The van der Waals surface area contributed by atoms with Gasteiger partial charge in [-0.25, -0.2) is 9.48 Å². The molecule has 2 N–H and O–H groups in total. The van der Waals surface area contributed by atoms with E-state index in [-0.39, 0.29) is 25.4 Å². The SMILES string of the molecule is CCOC(=O)c1cccc(N=Nc2c(-c3ccc(OC)cc3)[nH]n(CCO)c2=O)c1. The summed E-state index contributed by atoms with van der Waals surface area (Å²) >= 11 is 0. The summed E-state index contributed by atoms with van der Waals surface area (Å²) in [5.41, 5.74) is 1.58. The van der Waals surface area contributed by atoms with Crippen LogP contribution in [0, 0.1) is 0 Å². The molecule has 0 aliphatic carbocycles. The van der Waals surface area contributed by atoms with Crippen molar-refractivity contribution in [2.45, 2.75) is 13.5 Å². The van der Waals surface area contributed by atoms with Crippen molar-refractivity contribution in [2.75, 3.05) is 20.3 Å². The van der Waals surface area contributed by atoms with Crippen LogP contribution in [0.25, 0.3) is 11.3 Å². The number of nitrogens with zero attached hydrogens (tertiary/aromatic N) is 3. The Morgan fingerprint density at radius 1 is 1.17 bits per heavy atom. The van der Waals surface area contributed by atoms with E-state index in [0.29, 0.717) is 28.3 Å². The molecule has 0 amide bonds. The lowest BCUT2D eigenvalue weighted by Gasteiger charge is -2.03. The molecule has 9 nitrogen and oxygen atoms in total. The molecule has 0 atom stereocenters. The van der Waals surface area contributed by atoms with E-state index in [1.54, 1.807) is 56.5 Å². The van der Waals surface area contributed by atoms with Gasteiger partial charge in [-0.2, -0.15) is 5.11 Å². The van der Waals surface area contributed by atoms with Gasteiger partial charge in [0.25, 0.3) is 5.56 Å². The molecule has 2 aromatic carbocycles. The van der Waals surface area contributed by atoms with Gasteiger partial charge in [-0.3, -0.25) is 9.89 Å². The van der Waals surface area contributed by atoms with Gasteiger partial charge in [-0.1, -0.05) is 6.07 Å². The second-order valence-corrected chi connectivity index (χ2v) is 6.22. The maximum Gasteiger partial charge on any atom is 0.338 e. The van der Waals surface area contributed by atoms with Crippen LogP contribution < -0.4 is 10.3 Å². The van der Waals surface area contributed by atoms with Crippen molar-refractivity contribution in [3.8, 4) is 17.0 Å². The van der Waals surface area contributed by atoms with Crippen LogP contribution in [0.3, 0.4) is 0 Å². The Labute approximate surface area is 172 Å². The number of rotatable bonds is 8. The number of esters is 1. The van der Waals surface area contributed by atoms with E-state index in [1.807, 2.05) is 0 Å². The topological polar surface area (TPSA) is 118 Å². The van der Waals surface area contributed by atoms with Gasteiger partial charge < -0.3 is 14.6 Å². The number of ether oxygens (including phenoxy) is 2. The molecular weight excluding hydrogens is 388 g/mol. The molecule has 156 valence electrons. The second kappa shape index (κ2) is 9.66. The number of aromatic amines is 1. The van der Waals surface area contributed by atoms with Crippen molar-refractivity contribution in [1.29, 1.82) is 0 Å². The molecule has 0 fully saturated rings. The number of nitrogens with one attached hydrogen (secondary N) is 1. The number of aromatic nitrogens is 2. The van der Waals surface area contributed by atoms with Gasteiger partial charge in [0.05, 0.1) is 43.8 Å². The summed E-state index contributed by atoms with van der Waals surface area (Å²) in [5, 5.41) is 20.5. The number of carbonyl (C=O) groups is 1. The summed E-state index contributed by atoms with van der Waals surface area (Å²) in [6.45, 7) is 1.88. The zero-order chi connectivity index (χ0) is 21.5. The third kappa shape index (κ3) is 4.64. The Balaban J connectivity index is 1.99. The maximum absolute atomic E-state index is 12.7. The summed E-state index contributed by atoms with van der Waals surface area (Å²) in [6.07, 6.45) is 0. The lowest BCUT2D eigenvalue weighted by molar-refractivity contribution is 0.0526. The first-order valence-electron chi connectivity index (χ1n) is 9.34. The molecule has 0 bridgehead atoms. The molecule has 0 saturated carbocycles. The van der Waals surface area contributed by atoms with Crippen LogP contribution >= 0.6 is 0 Å². The largest absolute Gasteiger partial charge is 0.497 e. The first-order chi connectivity index (χ1) is 14.6. The number of hydrogen-bond donors (Lipinski definition) is 2. The molecule has 1 heterocycles. The van der Waals surface area contributed by atoms with Crippen molar-refractivity contribution in [3.63, 3.8) is 0 Å². The Bertz CT molecular complexity index is 1100. The second-order valence-electron chi connectivity index (χ2n) is 6.22. The van der Waals surface area contributed by atoms with Gasteiger partial charge in [0.1, 0.15) is 5.75 Å². The predicted molar refractivity (Wildman–Crippen MR) is 111 cm³/mol. The molecule has 0 radical (unpaired) electrons. The van der Waals surface area contributed by atoms with E-state index in [4.69, 9.17) is 9.47 Å². The van der Waals surface area contributed by atoms with Crippen LogP contribution in [-0.4, -0.2) is 41.2 Å². The predicted octanol–water partition coefficient (Wildman–Crippen LogP) is 3.44. The Kier molecular flexibility index (Phi) is 6.76. The average Bonchev–Trinajstić information content (AvgIpc) is 3.08. The van der Waals surface area contributed by atoms with Crippen molar-refractivity contribution < 1.29 is 19.4 Å². The molecule has 0 unspecified atom stereocenters. The number of benzene rings is 2. The highest BCUT2D eigenvalue weighted by molar-refractivity contribution is 5.90. The van der Waals surface area contributed by atoms with E-state index in [2.05, 4.69) is 15.3 Å². The Morgan fingerprint density at radius 2 is 1.93 bits per heavy atom. The molecule has 0 aliphatic heterocycles. The molecule has 1 aromatic heterocycles. The quantitative estimate of drug-likeness (QED) is 0.436. The highest BCUT2D eigenvalue weighted by Crippen LogP contribution is 2.29. The monoisotopic (exact) mass is 410 g/mol. The fourth-order valence-corrected chi connectivity index (χ4v) is 2.80. The van der Waals surface area contributed by atoms with Crippen LogP contribution in [-0.2, 0) is 11.3 Å². The fraction of sp³-hybridized carbons (Fsp3) is 0.238. The van der Waals surface area contributed by atoms with Gasteiger partial charge in [-0.15, -0.1) is 5.11 Å². The van der Waals surface area contributed by atoms with Crippen molar-refractivity contribution in [2.24, 2.45) is 10.2 Å². The van der Waals surface area contributed by atoms with Crippen LogP contribution in [0.2, 0.25) is 0 Å². The summed E-state index contributed by atoms with van der Waals surface area (Å²) in [6, 6.07) is 13.6. The molecule has 3 rings (SSSR count). The lowest BCUT2D eigenvalue weighted by Crippen LogP contribution is -2.18. The van der Waals surface area contributed by atoms with E-state index in [1.165, 1.54) is 10.7 Å². The molecule has 0 aliphatic rings. The molecule has 0 saturated heterocycles. The first-order valence-corrected chi connectivity index (χ1v) is 9.34. The van der Waals surface area contributed by atoms with Crippen LogP contribution in [0.4, 0.5) is 11.4 Å². The highest BCUT2D eigenvalue weighted by Gasteiger charge is 2.16. The van der Waals surface area contributed by atoms with Crippen LogP contribution in [0.5, 0.6) is 5.75 Å². The fourth-order valence-electron chi connectivity index (χ4n) is 2.80. The van der Waals surface area contributed by atoms with Gasteiger partial charge in [0.2, 0.25) is 0 Å². The smallest absolute Gasteiger partial charge is 0.338 e. The van der Waals surface area contributed by atoms with Crippen LogP contribution in [0.15, 0.2) is 63.6 Å². The zero-order valence-corrected chi connectivity index (χ0v) is 16.7. The number of aliphatic hydroxyl groups is 1. The first kappa shape index (κ1) is 21.0. The maximum atomic E-state index is 12.7. The van der Waals surface area contributed by atoms with Crippen molar-refractivity contribution in [3.05, 3.63) is 64.4 Å². The van der Waals surface area contributed by atoms with E-state index >= 15 is 0 Å². The third-order valence-electron chi connectivity index (χ3n) is 4.26. The van der Waals surface area contributed by atoms with E-state index in [9.17, 15) is 14.7 Å². The lowest BCUT2D eigenvalue weighted by atomic mass is 10.1. The number of H-pyrrole nitrogens is 1. The summed E-state index contributed by atoms with van der Waals surface area (Å²) in [5.74, 6) is 0.218. The van der Waals surface area contributed by atoms with Gasteiger partial charge in [0, 0.05) is 5.56 Å². The van der Waals surface area contributed by atoms with Gasteiger partial charge >= 0.3 is 5.97 Å². The minimum Gasteiger partial charge on any atom is -0.497 e. The van der Waals surface area contributed by atoms with Crippen LogP contribution in [0.1, 0.15) is 17.3 Å². The normalized spacial score (nSPS) is 11.0. The molecule has 3 aromatic rings. The standard InChI is InChI=1S/C21H22N4O5/c1-3-30-21(28)15-5-4-6-16(13-15)22-23-19-18(24-25(11-12-26)20(19)27)14-7-9-17(29-2)10-8-14/h4-10,13,24,26H,3,11-12H2,1-2H3. The number of carbonyl (C=O) groups excluding carboxylic acids is 1. The summed E-state index contributed by atoms with van der Waals surface area (Å²) < 4.78 is 11.4. The van der Waals surface area contributed by atoms with Crippen molar-refractivity contribution in [1.82, 2.24) is 9.78 Å². The number of azo groups is 1. The van der Waals surface area contributed by atoms with E-state index in [0.717, 1.165) is 0 Å². The molecular formula is C21H22N4O5. The summed E-state index contributed by atoms with van der Waals surface area (Å²) in [7, 11) is 1.57. The molecule has 30 heavy (non-hydrogen) atoms. The Morgan fingerprint density at radius 3 is 2.60 bits per heavy atom. The number of aliphatic hydroxyl groups excluding tert-OH is 1. The minimum atomic E-state index is -0.458. The number of methoxy groups -OCH3 is 1.